The van der Waals surface area contributed by atoms with Crippen LogP contribution in [0.2, 0.25) is 5.02 Å². The van der Waals surface area contributed by atoms with Crippen molar-refractivity contribution in [3.63, 3.8) is 0 Å². The lowest BCUT2D eigenvalue weighted by Crippen LogP contribution is -2.33. The van der Waals surface area contributed by atoms with Gasteiger partial charge in [0.05, 0.1) is 17.6 Å². The molecular weight excluding hydrogens is 330 g/mol. The molecule has 6 heteroatoms. The molecule has 0 unspecified atom stereocenters. The molecule has 3 rings (SSSR count). The first-order valence-electron chi connectivity index (χ1n) is 8.53. The largest absolute Gasteiger partial charge is 0.490 e. The van der Waals surface area contributed by atoms with Gasteiger partial charge in [-0.05, 0) is 63.1 Å². The van der Waals surface area contributed by atoms with Crippen molar-refractivity contribution < 1.29 is 19.4 Å². The van der Waals surface area contributed by atoms with Crippen molar-refractivity contribution >= 4 is 23.5 Å². The number of hydrogen-bond donors (Lipinski definition) is 2. The Kier molecular flexibility index (Phi) is 5.29. The van der Waals surface area contributed by atoms with E-state index in [2.05, 4.69) is 5.32 Å². The molecule has 0 aliphatic heterocycles. The van der Waals surface area contributed by atoms with E-state index in [1.54, 1.807) is 18.2 Å². The molecule has 1 aromatic carbocycles. The number of amides is 1. The van der Waals surface area contributed by atoms with Gasteiger partial charge >= 0.3 is 5.97 Å². The van der Waals surface area contributed by atoms with Gasteiger partial charge in [-0.3, -0.25) is 9.59 Å². The van der Waals surface area contributed by atoms with Crippen molar-refractivity contribution in [2.75, 3.05) is 0 Å². The molecule has 2 aliphatic carbocycles. The van der Waals surface area contributed by atoms with Gasteiger partial charge in [-0.1, -0.05) is 11.6 Å². The van der Waals surface area contributed by atoms with Crippen LogP contribution in [0, 0.1) is 5.92 Å². The van der Waals surface area contributed by atoms with Crippen LogP contribution in [0.25, 0.3) is 0 Å². The lowest BCUT2D eigenvalue weighted by atomic mass is 10.1. The molecular formula is C18H22ClNO4. The molecule has 0 radical (unpaired) electrons. The Labute approximate surface area is 146 Å². The number of halogens is 1. The monoisotopic (exact) mass is 351 g/mol. The van der Waals surface area contributed by atoms with Crippen LogP contribution in [0.15, 0.2) is 18.2 Å². The maximum atomic E-state index is 12.6. The Balaban J connectivity index is 1.69. The number of benzene rings is 1. The minimum atomic E-state index is -0.792. The minimum Gasteiger partial charge on any atom is -0.490 e. The summed E-state index contributed by atoms with van der Waals surface area (Å²) in [6.07, 6.45) is 6.22. The molecule has 2 aliphatic rings. The number of ether oxygens (including phenoxy) is 1. The average Bonchev–Trinajstić information content (AvgIpc) is 3.20. The predicted octanol–water partition coefficient (Wildman–Crippen LogP) is 3.64. The summed E-state index contributed by atoms with van der Waals surface area (Å²) in [5.74, 6) is -0.859. The molecule has 0 aromatic heterocycles. The van der Waals surface area contributed by atoms with Crippen molar-refractivity contribution in [2.24, 2.45) is 5.92 Å². The number of hydrogen-bond acceptors (Lipinski definition) is 3. The fourth-order valence-electron chi connectivity index (χ4n) is 3.57. The van der Waals surface area contributed by atoms with Gasteiger partial charge in [-0.15, -0.1) is 0 Å². The van der Waals surface area contributed by atoms with Crippen LogP contribution in [-0.4, -0.2) is 29.1 Å². The highest BCUT2D eigenvalue weighted by Gasteiger charge is 2.31. The van der Waals surface area contributed by atoms with Crippen LogP contribution >= 0.6 is 11.6 Å². The summed E-state index contributed by atoms with van der Waals surface area (Å²) in [4.78, 5) is 23.7. The first-order valence-corrected chi connectivity index (χ1v) is 8.90. The van der Waals surface area contributed by atoms with E-state index in [4.69, 9.17) is 21.4 Å². The van der Waals surface area contributed by atoms with E-state index in [-0.39, 0.29) is 24.0 Å². The zero-order chi connectivity index (χ0) is 17.1. The number of carboxylic acids is 1. The minimum absolute atomic E-state index is 0.114. The maximum Gasteiger partial charge on any atom is 0.306 e. The van der Waals surface area contributed by atoms with Crippen LogP contribution in [0.5, 0.6) is 5.75 Å². The fraction of sp³-hybridized carbons (Fsp3) is 0.556. The average molecular weight is 352 g/mol. The van der Waals surface area contributed by atoms with Gasteiger partial charge in [0.25, 0.3) is 5.91 Å². The Hall–Kier alpha value is -1.75. The van der Waals surface area contributed by atoms with Gasteiger partial charge in [-0.2, -0.15) is 0 Å². The highest BCUT2D eigenvalue weighted by molar-refractivity contribution is 6.31. The van der Waals surface area contributed by atoms with E-state index in [1.807, 2.05) is 0 Å². The molecule has 24 heavy (non-hydrogen) atoms. The third-order valence-corrected chi connectivity index (χ3v) is 5.13. The summed E-state index contributed by atoms with van der Waals surface area (Å²) in [5, 5.41) is 12.5. The summed E-state index contributed by atoms with van der Waals surface area (Å²) in [5.41, 5.74) is 0.424. The van der Waals surface area contributed by atoms with E-state index in [9.17, 15) is 9.59 Å². The van der Waals surface area contributed by atoms with Crippen molar-refractivity contribution in [2.45, 2.75) is 57.1 Å². The third-order valence-electron chi connectivity index (χ3n) is 4.90. The number of carbonyl (C=O) groups excluding carboxylic acids is 1. The zero-order valence-electron chi connectivity index (χ0n) is 13.5. The second kappa shape index (κ2) is 7.43. The second-order valence-electron chi connectivity index (χ2n) is 6.68. The summed E-state index contributed by atoms with van der Waals surface area (Å²) in [7, 11) is 0. The van der Waals surface area contributed by atoms with Crippen molar-refractivity contribution in [3.05, 3.63) is 28.8 Å². The fourth-order valence-corrected chi connectivity index (χ4v) is 3.74. The summed E-state index contributed by atoms with van der Waals surface area (Å²) in [6, 6.07) is 4.96. The van der Waals surface area contributed by atoms with E-state index >= 15 is 0 Å². The molecule has 2 fully saturated rings. The molecule has 0 spiro atoms. The van der Waals surface area contributed by atoms with Crippen LogP contribution in [0.4, 0.5) is 0 Å². The SMILES string of the molecule is O=C(N[C@H]1CC[C@@H](C(=O)O)C1)c1cc(Cl)ccc1OC1CCCC1. The highest BCUT2D eigenvalue weighted by atomic mass is 35.5. The Morgan fingerprint density at radius 3 is 2.58 bits per heavy atom. The molecule has 0 bridgehead atoms. The molecule has 0 saturated heterocycles. The molecule has 2 atom stereocenters. The normalized spacial score (nSPS) is 24.0. The van der Waals surface area contributed by atoms with Crippen molar-refractivity contribution in [1.82, 2.24) is 5.32 Å². The van der Waals surface area contributed by atoms with Crippen LogP contribution < -0.4 is 10.1 Å². The lowest BCUT2D eigenvalue weighted by Gasteiger charge is -2.18. The summed E-state index contributed by atoms with van der Waals surface area (Å²) >= 11 is 6.05. The number of nitrogens with one attached hydrogen (secondary N) is 1. The molecule has 1 amide bonds. The Bertz CT molecular complexity index is 627. The number of rotatable bonds is 5. The molecule has 130 valence electrons. The quantitative estimate of drug-likeness (QED) is 0.849. The molecule has 1 aromatic rings. The topological polar surface area (TPSA) is 75.6 Å². The predicted molar refractivity (Wildman–Crippen MR) is 90.6 cm³/mol. The Morgan fingerprint density at radius 1 is 1.17 bits per heavy atom. The van der Waals surface area contributed by atoms with Gasteiger partial charge in [0.2, 0.25) is 0 Å². The standard InChI is InChI=1S/C18H22ClNO4/c19-12-6-8-16(24-14-3-1-2-4-14)15(10-12)17(21)20-13-7-5-11(9-13)18(22)23/h6,8,10-11,13-14H,1-5,7,9H2,(H,20,21)(H,22,23)/t11-,13+/m1/s1. The number of carboxylic acid groups (broad SMARTS) is 1. The molecule has 5 nitrogen and oxygen atoms in total. The van der Waals surface area contributed by atoms with Crippen LogP contribution in [0.3, 0.4) is 0 Å². The highest BCUT2D eigenvalue weighted by Crippen LogP contribution is 2.30. The van der Waals surface area contributed by atoms with E-state index in [0.717, 1.165) is 25.7 Å². The van der Waals surface area contributed by atoms with Gasteiger partial charge in [0, 0.05) is 11.1 Å². The van der Waals surface area contributed by atoms with Crippen molar-refractivity contribution in [1.29, 1.82) is 0 Å². The second-order valence-corrected chi connectivity index (χ2v) is 7.12. The van der Waals surface area contributed by atoms with Crippen LogP contribution in [-0.2, 0) is 4.79 Å². The lowest BCUT2D eigenvalue weighted by molar-refractivity contribution is -0.141. The smallest absolute Gasteiger partial charge is 0.306 e. The summed E-state index contributed by atoms with van der Waals surface area (Å²) in [6.45, 7) is 0. The van der Waals surface area contributed by atoms with Gasteiger partial charge in [0.15, 0.2) is 0 Å². The third kappa shape index (κ3) is 4.01. The van der Waals surface area contributed by atoms with Crippen molar-refractivity contribution in [3.8, 4) is 5.75 Å². The zero-order valence-corrected chi connectivity index (χ0v) is 14.2. The van der Waals surface area contributed by atoms with E-state index in [1.165, 1.54) is 0 Å². The molecule has 2 N–H and O–H groups in total. The number of carbonyl (C=O) groups is 2. The molecule has 2 saturated carbocycles. The number of aliphatic carboxylic acids is 1. The Morgan fingerprint density at radius 2 is 1.92 bits per heavy atom. The van der Waals surface area contributed by atoms with E-state index in [0.29, 0.717) is 35.6 Å². The van der Waals surface area contributed by atoms with Gasteiger partial charge < -0.3 is 15.2 Å². The first-order chi connectivity index (χ1) is 11.5. The molecule has 0 heterocycles. The van der Waals surface area contributed by atoms with Crippen LogP contribution in [0.1, 0.15) is 55.3 Å². The van der Waals surface area contributed by atoms with Gasteiger partial charge in [-0.25, -0.2) is 0 Å². The van der Waals surface area contributed by atoms with E-state index < -0.39 is 5.97 Å². The maximum absolute atomic E-state index is 12.6. The summed E-state index contributed by atoms with van der Waals surface area (Å²) < 4.78 is 5.99. The van der Waals surface area contributed by atoms with Gasteiger partial charge in [0.1, 0.15) is 5.75 Å². The first kappa shape index (κ1) is 17.1.